The number of rotatable bonds is 1. The molecule has 1 aromatic heterocycles. The van der Waals surface area contributed by atoms with Crippen molar-refractivity contribution in [3.8, 4) is 0 Å². The third-order valence-corrected chi connectivity index (χ3v) is 3.97. The van der Waals surface area contributed by atoms with E-state index in [1.54, 1.807) is 24.4 Å². The summed E-state index contributed by atoms with van der Waals surface area (Å²) in [4.78, 5) is 12.3. The van der Waals surface area contributed by atoms with Gasteiger partial charge in [-0.25, -0.2) is 4.39 Å². The Kier molecular flexibility index (Phi) is 2.65. The molecule has 0 radical (unpaired) electrons. The molecule has 0 spiro atoms. The number of Topliss-reactive ketones (excluding diaryl/α,β-unsaturated/α-hetero) is 1. The largest absolute Gasteiger partial charge is 0.342 e. The SMILES string of the molecule is O=C1CNCC2=C1[C@@H](c1ccccc1F)c1cn[nH]c1N2. The van der Waals surface area contributed by atoms with Gasteiger partial charge in [0.25, 0.3) is 0 Å². The molecule has 0 fully saturated rings. The molecule has 3 N–H and O–H groups in total. The number of H-pyrrole nitrogens is 1. The predicted octanol–water partition coefficient (Wildman–Crippen LogP) is 1.53. The highest BCUT2D eigenvalue weighted by molar-refractivity contribution is 6.02. The first-order valence-electron chi connectivity index (χ1n) is 6.77. The van der Waals surface area contributed by atoms with Crippen molar-refractivity contribution in [3.63, 3.8) is 0 Å². The van der Waals surface area contributed by atoms with Crippen LogP contribution in [0.25, 0.3) is 0 Å². The maximum Gasteiger partial charge on any atom is 0.175 e. The molecule has 106 valence electrons. The van der Waals surface area contributed by atoms with Crippen molar-refractivity contribution in [3.05, 3.63) is 58.7 Å². The third-order valence-electron chi connectivity index (χ3n) is 3.97. The second kappa shape index (κ2) is 4.53. The van der Waals surface area contributed by atoms with Crippen molar-refractivity contribution in [2.75, 3.05) is 18.4 Å². The minimum Gasteiger partial charge on any atom is -0.342 e. The number of benzene rings is 1. The molecule has 4 rings (SSSR count). The zero-order chi connectivity index (χ0) is 14.4. The predicted molar refractivity (Wildman–Crippen MR) is 75.4 cm³/mol. The van der Waals surface area contributed by atoms with Crippen LogP contribution < -0.4 is 10.6 Å². The molecule has 2 aromatic rings. The summed E-state index contributed by atoms with van der Waals surface area (Å²) in [5.41, 5.74) is 2.72. The number of nitrogens with one attached hydrogen (secondary N) is 3. The van der Waals surface area contributed by atoms with E-state index in [-0.39, 0.29) is 18.1 Å². The minimum absolute atomic E-state index is 0.0103. The Balaban J connectivity index is 1.96. The topological polar surface area (TPSA) is 69.8 Å². The third kappa shape index (κ3) is 1.80. The van der Waals surface area contributed by atoms with Gasteiger partial charge in [-0.05, 0) is 6.07 Å². The van der Waals surface area contributed by atoms with Crippen LogP contribution in [-0.4, -0.2) is 29.1 Å². The number of halogens is 1. The Morgan fingerprint density at radius 1 is 1.19 bits per heavy atom. The molecule has 0 aliphatic carbocycles. The number of carbonyl (C=O) groups excluding carboxylic acids is 1. The van der Waals surface area contributed by atoms with Gasteiger partial charge in [0.1, 0.15) is 11.6 Å². The van der Waals surface area contributed by atoms with E-state index in [9.17, 15) is 9.18 Å². The number of nitrogens with zero attached hydrogens (tertiary/aromatic N) is 1. The standard InChI is InChI=1S/C15H13FN4O/c16-10-4-2-1-3-8(10)13-9-5-18-20-15(9)19-11-6-17-7-12(21)14(11)13/h1-5,13,17H,6-7H2,(H2,18,19,20)/t13-/m0/s1. The van der Waals surface area contributed by atoms with Crippen LogP contribution in [0.3, 0.4) is 0 Å². The molecule has 0 saturated carbocycles. The van der Waals surface area contributed by atoms with Crippen LogP contribution in [0, 0.1) is 5.82 Å². The van der Waals surface area contributed by atoms with Gasteiger partial charge in [-0.15, -0.1) is 0 Å². The Bertz CT molecular complexity index is 765. The quantitative estimate of drug-likeness (QED) is 0.743. The first-order chi connectivity index (χ1) is 10.3. The van der Waals surface area contributed by atoms with E-state index >= 15 is 0 Å². The summed E-state index contributed by atoms with van der Waals surface area (Å²) in [5, 5.41) is 13.1. The molecule has 1 atom stereocenters. The number of fused-ring (bicyclic) bond motifs is 1. The molecule has 3 heterocycles. The van der Waals surface area contributed by atoms with Crippen LogP contribution in [0.2, 0.25) is 0 Å². The number of anilines is 1. The Labute approximate surface area is 120 Å². The number of hydrogen-bond acceptors (Lipinski definition) is 4. The zero-order valence-electron chi connectivity index (χ0n) is 11.1. The number of carbonyl (C=O) groups is 1. The van der Waals surface area contributed by atoms with Crippen LogP contribution >= 0.6 is 0 Å². The monoisotopic (exact) mass is 284 g/mol. The van der Waals surface area contributed by atoms with E-state index in [2.05, 4.69) is 20.8 Å². The number of hydrogen-bond donors (Lipinski definition) is 3. The van der Waals surface area contributed by atoms with Crippen LogP contribution in [0.15, 0.2) is 41.7 Å². The van der Waals surface area contributed by atoms with Gasteiger partial charge in [0.2, 0.25) is 0 Å². The fraction of sp³-hybridized carbons (Fsp3) is 0.200. The number of ketones is 1. The van der Waals surface area contributed by atoms with Gasteiger partial charge in [-0.1, -0.05) is 18.2 Å². The average molecular weight is 284 g/mol. The van der Waals surface area contributed by atoms with Gasteiger partial charge in [0, 0.05) is 34.9 Å². The summed E-state index contributed by atoms with van der Waals surface area (Å²) in [7, 11) is 0. The summed E-state index contributed by atoms with van der Waals surface area (Å²) >= 11 is 0. The second-order valence-corrected chi connectivity index (χ2v) is 5.20. The fourth-order valence-corrected chi connectivity index (χ4v) is 3.06. The first-order valence-corrected chi connectivity index (χ1v) is 6.77. The average Bonchev–Trinajstić information content (AvgIpc) is 2.94. The summed E-state index contributed by atoms with van der Waals surface area (Å²) in [5.74, 6) is -0.0112. The van der Waals surface area contributed by atoms with Crippen LogP contribution in [-0.2, 0) is 4.79 Å². The second-order valence-electron chi connectivity index (χ2n) is 5.20. The van der Waals surface area contributed by atoms with Gasteiger partial charge in [0.15, 0.2) is 5.78 Å². The van der Waals surface area contributed by atoms with E-state index in [0.717, 1.165) is 17.1 Å². The molecule has 0 bridgehead atoms. The molecular weight excluding hydrogens is 271 g/mol. The highest BCUT2D eigenvalue weighted by Crippen LogP contribution is 2.42. The highest BCUT2D eigenvalue weighted by atomic mass is 19.1. The Morgan fingerprint density at radius 2 is 2.05 bits per heavy atom. The van der Waals surface area contributed by atoms with Crippen LogP contribution in [0.4, 0.5) is 10.2 Å². The van der Waals surface area contributed by atoms with Crippen molar-refractivity contribution in [2.24, 2.45) is 0 Å². The highest BCUT2D eigenvalue weighted by Gasteiger charge is 2.37. The molecule has 6 heteroatoms. The Hall–Kier alpha value is -2.47. The van der Waals surface area contributed by atoms with Gasteiger partial charge >= 0.3 is 0 Å². The molecule has 0 saturated heterocycles. The lowest BCUT2D eigenvalue weighted by molar-refractivity contribution is -0.115. The van der Waals surface area contributed by atoms with Gasteiger partial charge < -0.3 is 10.6 Å². The molecule has 0 amide bonds. The smallest absolute Gasteiger partial charge is 0.175 e. The van der Waals surface area contributed by atoms with Crippen molar-refractivity contribution >= 4 is 11.6 Å². The summed E-state index contributed by atoms with van der Waals surface area (Å²) < 4.78 is 14.3. The van der Waals surface area contributed by atoms with Crippen molar-refractivity contribution in [1.82, 2.24) is 15.5 Å². The van der Waals surface area contributed by atoms with E-state index in [1.807, 2.05) is 0 Å². The lowest BCUT2D eigenvalue weighted by atomic mass is 9.79. The molecule has 2 aliphatic rings. The van der Waals surface area contributed by atoms with Crippen LogP contribution in [0.1, 0.15) is 17.0 Å². The zero-order valence-corrected chi connectivity index (χ0v) is 11.1. The Morgan fingerprint density at radius 3 is 2.90 bits per heavy atom. The van der Waals surface area contributed by atoms with E-state index in [0.29, 0.717) is 17.7 Å². The molecule has 2 aliphatic heterocycles. The summed E-state index contributed by atoms with van der Waals surface area (Å²) in [6.07, 6.45) is 1.65. The molecule has 5 nitrogen and oxygen atoms in total. The molecular formula is C15H13FN4O. The van der Waals surface area contributed by atoms with Crippen molar-refractivity contribution in [2.45, 2.75) is 5.92 Å². The normalized spacial score (nSPS) is 20.8. The minimum atomic E-state index is -0.411. The van der Waals surface area contributed by atoms with Crippen molar-refractivity contribution < 1.29 is 9.18 Å². The van der Waals surface area contributed by atoms with Gasteiger partial charge in [-0.3, -0.25) is 9.89 Å². The summed E-state index contributed by atoms with van der Waals surface area (Å²) in [6.45, 7) is 0.836. The molecule has 0 unspecified atom stereocenters. The maximum absolute atomic E-state index is 14.3. The molecule has 1 aromatic carbocycles. The van der Waals surface area contributed by atoms with Gasteiger partial charge in [-0.2, -0.15) is 5.10 Å². The van der Waals surface area contributed by atoms with Gasteiger partial charge in [0.05, 0.1) is 12.7 Å². The maximum atomic E-state index is 14.3. The van der Waals surface area contributed by atoms with Crippen LogP contribution in [0.5, 0.6) is 0 Å². The summed E-state index contributed by atoms with van der Waals surface area (Å²) in [6, 6.07) is 6.58. The first kappa shape index (κ1) is 12.3. The molecule has 21 heavy (non-hydrogen) atoms. The lowest BCUT2D eigenvalue weighted by Crippen LogP contribution is -2.39. The number of aromatic nitrogens is 2. The van der Waals surface area contributed by atoms with Crippen molar-refractivity contribution in [1.29, 1.82) is 0 Å². The number of aromatic amines is 1. The van der Waals surface area contributed by atoms with E-state index in [1.165, 1.54) is 6.07 Å². The van der Waals surface area contributed by atoms with E-state index < -0.39 is 5.92 Å². The lowest BCUT2D eigenvalue weighted by Gasteiger charge is -2.32. The fourth-order valence-electron chi connectivity index (χ4n) is 3.06. The van der Waals surface area contributed by atoms with E-state index in [4.69, 9.17) is 0 Å².